The first-order valence-electron chi connectivity index (χ1n) is 7.25. The van der Waals surface area contributed by atoms with Crippen LogP contribution in [0.3, 0.4) is 0 Å². The average molecular weight is 303 g/mol. The zero-order valence-corrected chi connectivity index (χ0v) is 12.4. The summed E-state index contributed by atoms with van der Waals surface area (Å²) < 4.78 is 1.09. The van der Waals surface area contributed by atoms with Crippen LogP contribution in [0, 0.1) is 6.92 Å². The molecule has 1 N–H and O–H groups in total. The number of nitrogens with zero attached hydrogens (tertiary/aromatic N) is 2. The maximum atomic E-state index is 12.5. The van der Waals surface area contributed by atoms with Gasteiger partial charge in [0.1, 0.15) is 5.35 Å². The van der Waals surface area contributed by atoms with Crippen molar-refractivity contribution in [2.75, 3.05) is 0 Å². The predicted octanol–water partition coefficient (Wildman–Crippen LogP) is 1.39. The van der Waals surface area contributed by atoms with Gasteiger partial charge < -0.3 is 4.98 Å². The molecule has 23 heavy (non-hydrogen) atoms. The Morgan fingerprint density at radius 2 is 1.74 bits per heavy atom. The summed E-state index contributed by atoms with van der Waals surface area (Å²) in [6.45, 7) is 2.00. The Balaban J connectivity index is 2.07. The van der Waals surface area contributed by atoms with Gasteiger partial charge in [0.25, 0.3) is 11.1 Å². The minimum atomic E-state index is -0.385. The highest BCUT2D eigenvalue weighted by molar-refractivity contribution is 5.78. The molecule has 0 fully saturated rings. The fraction of sp³-hybridized carbons (Fsp3) is 0.0556. The van der Waals surface area contributed by atoms with Crippen LogP contribution in [0.5, 0.6) is 0 Å². The van der Waals surface area contributed by atoms with E-state index in [1.807, 2.05) is 37.3 Å². The second kappa shape index (κ2) is 4.91. The molecule has 4 rings (SSSR count). The van der Waals surface area contributed by atoms with Crippen molar-refractivity contribution in [1.29, 1.82) is 0 Å². The molecule has 0 spiro atoms. The van der Waals surface area contributed by atoms with Gasteiger partial charge in [0, 0.05) is 0 Å². The molecule has 5 heteroatoms. The summed E-state index contributed by atoms with van der Waals surface area (Å²) in [6, 6.07) is 14.8. The number of fused-ring (bicyclic) bond motifs is 2. The Kier molecular flexibility index (Phi) is 2.87. The first kappa shape index (κ1) is 13.5. The van der Waals surface area contributed by atoms with Crippen molar-refractivity contribution in [3.8, 4) is 0 Å². The normalized spacial score (nSPS) is 12.3. The monoisotopic (exact) mass is 303 g/mol. The molecule has 4 aromatic rings. The Hall–Kier alpha value is -3.21. The zero-order valence-electron chi connectivity index (χ0n) is 12.4. The van der Waals surface area contributed by atoms with Gasteiger partial charge in [0.2, 0.25) is 5.78 Å². The summed E-state index contributed by atoms with van der Waals surface area (Å²) in [5.74, 6) is 0.261. The van der Waals surface area contributed by atoms with Crippen molar-refractivity contribution in [1.82, 2.24) is 14.4 Å². The predicted molar refractivity (Wildman–Crippen MR) is 89.6 cm³/mol. The molecular weight excluding hydrogens is 290 g/mol. The number of imidazole rings is 1. The van der Waals surface area contributed by atoms with Gasteiger partial charge in [0.05, 0.1) is 10.9 Å². The second-order valence-corrected chi connectivity index (χ2v) is 5.49. The first-order valence-corrected chi connectivity index (χ1v) is 7.25. The summed E-state index contributed by atoms with van der Waals surface area (Å²) in [5, 5.41) is 0.775. The maximum Gasteiger partial charge on any atom is 0.284 e. The number of aromatic amines is 1. The van der Waals surface area contributed by atoms with Crippen LogP contribution in [0.4, 0.5) is 0 Å². The van der Waals surface area contributed by atoms with Crippen LogP contribution >= 0.6 is 0 Å². The number of H-pyrrole nitrogens is 1. The quantitative estimate of drug-likeness (QED) is 0.578. The third kappa shape index (κ3) is 2.14. The number of aryl methyl sites for hydroxylation is 1. The Bertz CT molecular complexity index is 1200. The maximum absolute atomic E-state index is 12.5. The van der Waals surface area contributed by atoms with E-state index < -0.39 is 0 Å². The number of para-hydroxylation sites is 1. The van der Waals surface area contributed by atoms with E-state index in [0.29, 0.717) is 16.3 Å². The number of hydrogen-bond donors (Lipinski definition) is 1. The molecule has 0 aliphatic heterocycles. The van der Waals surface area contributed by atoms with Gasteiger partial charge in [-0.15, -0.1) is 0 Å². The van der Waals surface area contributed by atoms with Crippen molar-refractivity contribution in [3.05, 3.63) is 85.7 Å². The molecule has 0 aliphatic rings. The number of aromatic nitrogens is 3. The lowest BCUT2D eigenvalue weighted by atomic mass is 10.1. The molecular formula is C18H13N3O2. The van der Waals surface area contributed by atoms with E-state index in [0.717, 1.165) is 15.5 Å². The van der Waals surface area contributed by atoms with E-state index in [1.165, 1.54) is 0 Å². The summed E-state index contributed by atoms with van der Waals surface area (Å²) in [6.07, 6.45) is 1.72. The SMILES string of the molecule is Cc1ccc(/C=c2/[nH]c3nc4ccccc4c(=O)n3c2=O)cc1. The molecule has 2 aromatic heterocycles. The van der Waals surface area contributed by atoms with E-state index in [2.05, 4.69) is 9.97 Å². The van der Waals surface area contributed by atoms with Crippen molar-refractivity contribution >= 4 is 22.8 Å². The highest BCUT2D eigenvalue weighted by Gasteiger charge is 2.10. The smallest absolute Gasteiger partial charge is 0.284 e. The van der Waals surface area contributed by atoms with Gasteiger partial charge in [-0.3, -0.25) is 9.59 Å². The number of benzene rings is 2. The van der Waals surface area contributed by atoms with Gasteiger partial charge in [0.15, 0.2) is 0 Å². The van der Waals surface area contributed by atoms with Gasteiger partial charge in [-0.1, -0.05) is 42.0 Å². The minimum Gasteiger partial charge on any atom is -0.320 e. The minimum absolute atomic E-state index is 0.261. The molecule has 0 saturated carbocycles. The lowest BCUT2D eigenvalue weighted by Gasteiger charge is -1.96. The third-order valence-electron chi connectivity index (χ3n) is 3.84. The molecule has 112 valence electrons. The highest BCUT2D eigenvalue weighted by atomic mass is 16.2. The molecule has 0 bridgehead atoms. The van der Waals surface area contributed by atoms with Crippen LogP contribution in [0.1, 0.15) is 11.1 Å². The first-order chi connectivity index (χ1) is 11.1. The van der Waals surface area contributed by atoms with E-state index in [1.54, 1.807) is 24.3 Å². The fourth-order valence-electron chi connectivity index (χ4n) is 2.63. The van der Waals surface area contributed by atoms with Crippen molar-refractivity contribution < 1.29 is 0 Å². The van der Waals surface area contributed by atoms with Crippen LogP contribution in [-0.2, 0) is 0 Å². The topological polar surface area (TPSA) is 67.2 Å². The van der Waals surface area contributed by atoms with Crippen LogP contribution in [0.25, 0.3) is 22.8 Å². The molecule has 0 atom stereocenters. The van der Waals surface area contributed by atoms with E-state index in [9.17, 15) is 9.59 Å². The van der Waals surface area contributed by atoms with Crippen LogP contribution in [0.15, 0.2) is 58.1 Å². The average Bonchev–Trinajstić information content (AvgIpc) is 2.86. The molecule has 5 nitrogen and oxygen atoms in total. The van der Waals surface area contributed by atoms with Crippen LogP contribution in [0.2, 0.25) is 0 Å². The van der Waals surface area contributed by atoms with Crippen molar-refractivity contribution in [3.63, 3.8) is 0 Å². The third-order valence-corrected chi connectivity index (χ3v) is 3.84. The fourth-order valence-corrected chi connectivity index (χ4v) is 2.63. The standard InChI is InChI=1S/C18H13N3O2/c1-11-6-8-12(9-7-11)10-15-17(23)21-16(22)13-4-2-3-5-14(13)19-18(21)20-15/h2-10H,1H3,(H,19,20)/b15-10+. The second-order valence-electron chi connectivity index (χ2n) is 5.49. The molecule has 2 aromatic carbocycles. The summed E-state index contributed by atoms with van der Waals surface area (Å²) >= 11 is 0. The van der Waals surface area contributed by atoms with E-state index in [4.69, 9.17) is 0 Å². The Morgan fingerprint density at radius 3 is 2.52 bits per heavy atom. The largest absolute Gasteiger partial charge is 0.320 e. The molecule has 2 heterocycles. The lowest BCUT2D eigenvalue weighted by Crippen LogP contribution is -2.31. The molecule has 0 radical (unpaired) electrons. The van der Waals surface area contributed by atoms with Gasteiger partial charge in [-0.2, -0.15) is 0 Å². The summed E-state index contributed by atoms with van der Waals surface area (Å²) in [7, 11) is 0. The molecule has 0 saturated heterocycles. The Morgan fingerprint density at radius 1 is 1.00 bits per heavy atom. The number of rotatable bonds is 1. The van der Waals surface area contributed by atoms with E-state index >= 15 is 0 Å². The molecule has 0 amide bonds. The van der Waals surface area contributed by atoms with Crippen LogP contribution < -0.4 is 16.5 Å². The van der Waals surface area contributed by atoms with Crippen LogP contribution in [-0.4, -0.2) is 14.4 Å². The van der Waals surface area contributed by atoms with Gasteiger partial charge >= 0.3 is 0 Å². The van der Waals surface area contributed by atoms with Gasteiger partial charge in [-0.25, -0.2) is 9.38 Å². The van der Waals surface area contributed by atoms with Gasteiger partial charge in [-0.05, 0) is 30.7 Å². The lowest BCUT2D eigenvalue weighted by molar-refractivity contribution is 1.05. The molecule has 0 unspecified atom stereocenters. The van der Waals surface area contributed by atoms with Crippen molar-refractivity contribution in [2.24, 2.45) is 0 Å². The Labute approximate surface area is 130 Å². The molecule has 0 aliphatic carbocycles. The highest BCUT2D eigenvalue weighted by Crippen LogP contribution is 2.06. The zero-order chi connectivity index (χ0) is 16.0. The number of nitrogens with one attached hydrogen (secondary N) is 1. The number of hydrogen-bond acceptors (Lipinski definition) is 3. The van der Waals surface area contributed by atoms with E-state index in [-0.39, 0.29) is 16.9 Å². The van der Waals surface area contributed by atoms with Crippen molar-refractivity contribution in [2.45, 2.75) is 6.92 Å². The summed E-state index contributed by atoms with van der Waals surface area (Å²) in [4.78, 5) is 32.3. The summed E-state index contributed by atoms with van der Waals surface area (Å²) in [5.41, 5.74) is 1.86.